The Bertz CT molecular complexity index is 156. The van der Waals surface area contributed by atoms with Gasteiger partial charge < -0.3 is 4.90 Å². The predicted molar refractivity (Wildman–Crippen MR) is 56.4 cm³/mol. The van der Waals surface area contributed by atoms with Gasteiger partial charge in [-0.15, -0.1) is 0 Å². The van der Waals surface area contributed by atoms with Gasteiger partial charge in [0.1, 0.15) is 5.00 Å². The van der Waals surface area contributed by atoms with Crippen LogP contribution in [0.15, 0.2) is 11.8 Å². The van der Waals surface area contributed by atoms with E-state index in [9.17, 15) is 0 Å². The molecule has 0 amide bonds. The standard InChI is InChI=1S/C10H20ClN/c1-6-8-9(3)12(7-2)10(4,5)11/h8H,6-7H2,1-5H3/b9-8+. The van der Waals surface area contributed by atoms with Crippen molar-refractivity contribution in [3.8, 4) is 0 Å². The quantitative estimate of drug-likeness (QED) is 0.483. The lowest BCUT2D eigenvalue weighted by molar-refractivity contribution is 0.259. The van der Waals surface area contributed by atoms with E-state index in [1.54, 1.807) is 0 Å². The smallest absolute Gasteiger partial charge is 0.109 e. The second-order valence-electron chi connectivity index (χ2n) is 3.41. The van der Waals surface area contributed by atoms with Crippen LogP contribution in [-0.4, -0.2) is 16.4 Å². The lowest BCUT2D eigenvalue weighted by Gasteiger charge is -2.35. The zero-order valence-corrected chi connectivity index (χ0v) is 9.57. The molecule has 0 bridgehead atoms. The third kappa shape index (κ3) is 3.48. The maximum absolute atomic E-state index is 6.22. The lowest BCUT2D eigenvalue weighted by Crippen LogP contribution is -2.37. The number of hydrogen-bond acceptors (Lipinski definition) is 1. The molecule has 12 heavy (non-hydrogen) atoms. The van der Waals surface area contributed by atoms with Crippen LogP contribution in [0.25, 0.3) is 0 Å². The monoisotopic (exact) mass is 189 g/mol. The van der Waals surface area contributed by atoms with Gasteiger partial charge in [0.05, 0.1) is 0 Å². The molecule has 0 unspecified atom stereocenters. The van der Waals surface area contributed by atoms with Crippen molar-refractivity contribution in [2.24, 2.45) is 0 Å². The molecule has 0 atom stereocenters. The van der Waals surface area contributed by atoms with E-state index in [-0.39, 0.29) is 5.00 Å². The fourth-order valence-corrected chi connectivity index (χ4v) is 1.70. The first-order valence-electron chi connectivity index (χ1n) is 4.56. The second kappa shape index (κ2) is 4.76. The van der Waals surface area contributed by atoms with Crippen LogP contribution in [0.2, 0.25) is 0 Å². The maximum atomic E-state index is 6.22. The molecule has 1 nitrogen and oxygen atoms in total. The normalized spacial score (nSPS) is 13.3. The van der Waals surface area contributed by atoms with Crippen molar-refractivity contribution < 1.29 is 0 Å². The van der Waals surface area contributed by atoms with Crippen molar-refractivity contribution in [2.45, 2.75) is 46.0 Å². The molecule has 0 saturated carbocycles. The summed E-state index contributed by atoms with van der Waals surface area (Å²) in [7, 11) is 0. The maximum Gasteiger partial charge on any atom is 0.109 e. The van der Waals surface area contributed by atoms with Gasteiger partial charge in [0, 0.05) is 12.2 Å². The first-order valence-corrected chi connectivity index (χ1v) is 4.94. The molecular formula is C10H20ClN. The second-order valence-corrected chi connectivity index (χ2v) is 4.33. The summed E-state index contributed by atoms with van der Waals surface area (Å²) in [6.45, 7) is 11.4. The number of hydrogen-bond donors (Lipinski definition) is 0. The van der Waals surface area contributed by atoms with Crippen LogP contribution in [0, 0.1) is 0 Å². The minimum atomic E-state index is -0.273. The number of allylic oxidation sites excluding steroid dienone is 2. The summed E-state index contributed by atoms with van der Waals surface area (Å²) < 4.78 is 0. The van der Waals surface area contributed by atoms with Crippen LogP contribution in [0.4, 0.5) is 0 Å². The van der Waals surface area contributed by atoms with Gasteiger partial charge in [-0.1, -0.05) is 24.6 Å². The van der Waals surface area contributed by atoms with Crippen LogP contribution < -0.4 is 0 Å². The molecule has 0 saturated heterocycles. The van der Waals surface area contributed by atoms with Gasteiger partial charge in [0.2, 0.25) is 0 Å². The molecule has 0 aliphatic carbocycles. The molecular weight excluding hydrogens is 170 g/mol. The minimum absolute atomic E-state index is 0.273. The van der Waals surface area contributed by atoms with Gasteiger partial charge in [-0.2, -0.15) is 0 Å². The molecule has 72 valence electrons. The predicted octanol–water partition coefficient (Wildman–Crippen LogP) is 3.60. The topological polar surface area (TPSA) is 3.24 Å². The first-order chi connectivity index (χ1) is 5.43. The molecule has 0 fully saturated rings. The summed E-state index contributed by atoms with van der Waals surface area (Å²) in [5, 5.41) is 0. The third-order valence-electron chi connectivity index (χ3n) is 1.88. The number of nitrogens with zero attached hydrogens (tertiary/aromatic N) is 1. The molecule has 0 aromatic carbocycles. The van der Waals surface area contributed by atoms with E-state index in [2.05, 4.69) is 31.7 Å². The summed E-state index contributed by atoms with van der Waals surface area (Å²) in [6.07, 6.45) is 3.27. The van der Waals surface area contributed by atoms with Gasteiger partial charge in [0.25, 0.3) is 0 Å². The van der Waals surface area contributed by atoms with Crippen molar-refractivity contribution in [1.82, 2.24) is 4.90 Å². The Labute approximate surface area is 81.4 Å². The highest BCUT2D eigenvalue weighted by atomic mass is 35.5. The summed E-state index contributed by atoms with van der Waals surface area (Å²) in [6, 6.07) is 0. The van der Waals surface area contributed by atoms with Gasteiger partial charge in [-0.05, 0) is 34.1 Å². The van der Waals surface area contributed by atoms with Crippen molar-refractivity contribution in [3.05, 3.63) is 11.8 Å². The Morgan fingerprint density at radius 1 is 1.42 bits per heavy atom. The fourth-order valence-electron chi connectivity index (χ4n) is 1.45. The van der Waals surface area contributed by atoms with E-state index < -0.39 is 0 Å². The minimum Gasteiger partial charge on any atom is -0.357 e. The van der Waals surface area contributed by atoms with Crippen LogP contribution in [0.1, 0.15) is 41.0 Å². The summed E-state index contributed by atoms with van der Waals surface area (Å²) >= 11 is 6.22. The summed E-state index contributed by atoms with van der Waals surface area (Å²) in [4.78, 5) is 1.92. The van der Waals surface area contributed by atoms with Gasteiger partial charge in [-0.3, -0.25) is 0 Å². The molecule has 0 aromatic heterocycles. The molecule has 0 N–H and O–H groups in total. The fraction of sp³-hybridized carbons (Fsp3) is 0.800. The zero-order chi connectivity index (χ0) is 9.78. The molecule has 0 spiro atoms. The van der Waals surface area contributed by atoms with Crippen molar-refractivity contribution >= 4 is 11.6 Å². The molecule has 0 aromatic rings. The first kappa shape index (κ1) is 11.8. The molecule has 0 aliphatic heterocycles. The van der Waals surface area contributed by atoms with E-state index >= 15 is 0 Å². The highest BCUT2D eigenvalue weighted by molar-refractivity contribution is 6.23. The number of halogens is 1. The highest BCUT2D eigenvalue weighted by Crippen LogP contribution is 2.23. The Kier molecular flexibility index (Phi) is 4.69. The average molecular weight is 190 g/mol. The molecule has 0 rings (SSSR count). The van der Waals surface area contributed by atoms with Gasteiger partial charge in [-0.25, -0.2) is 0 Å². The Morgan fingerprint density at radius 2 is 1.92 bits per heavy atom. The van der Waals surface area contributed by atoms with E-state index in [0.717, 1.165) is 13.0 Å². The van der Waals surface area contributed by atoms with E-state index in [1.807, 2.05) is 13.8 Å². The van der Waals surface area contributed by atoms with Crippen molar-refractivity contribution in [1.29, 1.82) is 0 Å². The molecule has 0 radical (unpaired) electrons. The van der Waals surface area contributed by atoms with E-state index in [1.165, 1.54) is 5.70 Å². The molecule has 2 heteroatoms. The number of alkyl halides is 1. The van der Waals surface area contributed by atoms with Crippen LogP contribution in [0.3, 0.4) is 0 Å². The Balaban J connectivity index is 4.46. The van der Waals surface area contributed by atoms with Crippen LogP contribution in [0.5, 0.6) is 0 Å². The van der Waals surface area contributed by atoms with Crippen LogP contribution in [-0.2, 0) is 0 Å². The van der Waals surface area contributed by atoms with Crippen molar-refractivity contribution in [2.75, 3.05) is 6.54 Å². The Morgan fingerprint density at radius 3 is 2.17 bits per heavy atom. The molecule has 0 heterocycles. The SMILES string of the molecule is CC/C=C(\C)N(CC)C(C)(C)Cl. The van der Waals surface area contributed by atoms with Gasteiger partial charge >= 0.3 is 0 Å². The van der Waals surface area contributed by atoms with Crippen LogP contribution >= 0.6 is 11.6 Å². The van der Waals surface area contributed by atoms with Crippen molar-refractivity contribution in [3.63, 3.8) is 0 Å². The Hall–Kier alpha value is -0.170. The summed E-state index contributed by atoms with van der Waals surface area (Å²) in [5.41, 5.74) is 1.26. The average Bonchev–Trinajstić information content (AvgIpc) is 1.85. The lowest BCUT2D eigenvalue weighted by atomic mass is 10.2. The molecule has 0 aliphatic rings. The van der Waals surface area contributed by atoms with Gasteiger partial charge in [0.15, 0.2) is 0 Å². The zero-order valence-electron chi connectivity index (χ0n) is 8.82. The van der Waals surface area contributed by atoms with E-state index in [4.69, 9.17) is 11.6 Å². The highest BCUT2D eigenvalue weighted by Gasteiger charge is 2.21. The largest absolute Gasteiger partial charge is 0.357 e. The summed E-state index contributed by atoms with van der Waals surface area (Å²) in [5.74, 6) is 0. The number of rotatable bonds is 4. The van der Waals surface area contributed by atoms with E-state index in [0.29, 0.717) is 0 Å². The third-order valence-corrected chi connectivity index (χ3v) is 2.09.